The Labute approximate surface area is 170 Å². The Bertz CT molecular complexity index is 934. The van der Waals surface area contributed by atoms with Gasteiger partial charge in [0.05, 0.1) is 5.25 Å². The number of aromatic nitrogens is 3. The van der Waals surface area contributed by atoms with Crippen molar-refractivity contribution in [3.8, 4) is 11.4 Å². The number of benzene rings is 2. The van der Waals surface area contributed by atoms with Gasteiger partial charge in [0.25, 0.3) is 0 Å². The van der Waals surface area contributed by atoms with Crippen LogP contribution in [0, 0.1) is 0 Å². The molecule has 1 aromatic heterocycles. The number of hydrogen-bond donors (Lipinski definition) is 2. The summed E-state index contributed by atoms with van der Waals surface area (Å²) in [5.41, 5.74) is 4.26. The molecule has 0 saturated heterocycles. The largest absolute Gasteiger partial charge is 0.325 e. The van der Waals surface area contributed by atoms with E-state index in [0.29, 0.717) is 16.9 Å². The average molecular weight is 395 g/mol. The van der Waals surface area contributed by atoms with E-state index in [0.717, 1.165) is 23.2 Å². The van der Waals surface area contributed by atoms with Gasteiger partial charge in [-0.3, -0.25) is 9.89 Å². The van der Waals surface area contributed by atoms with Crippen LogP contribution in [0.2, 0.25) is 0 Å². The molecule has 6 heteroatoms. The number of nitrogens with one attached hydrogen (secondary N) is 2. The topological polar surface area (TPSA) is 70.7 Å². The maximum atomic E-state index is 12.6. The first-order valence-electron chi connectivity index (χ1n) is 9.56. The van der Waals surface area contributed by atoms with E-state index in [4.69, 9.17) is 0 Å². The first-order chi connectivity index (χ1) is 13.5. The van der Waals surface area contributed by atoms with Crippen LogP contribution in [0.25, 0.3) is 11.4 Å². The molecule has 0 spiro atoms. The predicted molar refractivity (Wildman–Crippen MR) is 116 cm³/mol. The highest BCUT2D eigenvalue weighted by atomic mass is 32.2. The molecule has 0 aliphatic rings. The number of anilines is 1. The van der Waals surface area contributed by atoms with Crippen LogP contribution >= 0.6 is 11.8 Å². The summed E-state index contributed by atoms with van der Waals surface area (Å²) in [6.45, 7) is 8.23. The fraction of sp³-hybridized carbons (Fsp3) is 0.318. The van der Waals surface area contributed by atoms with Gasteiger partial charge in [-0.15, -0.1) is 5.10 Å². The van der Waals surface area contributed by atoms with Gasteiger partial charge in [-0.05, 0) is 36.5 Å². The Morgan fingerprint density at radius 3 is 2.50 bits per heavy atom. The number of amides is 1. The van der Waals surface area contributed by atoms with E-state index >= 15 is 0 Å². The van der Waals surface area contributed by atoms with Crippen molar-refractivity contribution in [2.75, 3.05) is 5.32 Å². The molecule has 5 nitrogen and oxygen atoms in total. The van der Waals surface area contributed by atoms with Crippen molar-refractivity contribution in [2.45, 2.75) is 50.4 Å². The van der Waals surface area contributed by atoms with Crippen LogP contribution in [0.15, 0.2) is 53.7 Å². The van der Waals surface area contributed by atoms with Crippen molar-refractivity contribution in [3.05, 3.63) is 59.7 Å². The van der Waals surface area contributed by atoms with E-state index < -0.39 is 0 Å². The van der Waals surface area contributed by atoms with Crippen molar-refractivity contribution in [3.63, 3.8) is 0 Å². The second kappa shape index (κ2) is 9.06. The highest BCUT2D eigenvalue weighted by Gasteiger charge is 2.19. The zero-order valence-corrected chi connectivity index (χ0v) is 17.5. The lowest BCUT2D eigenvalue weighted by atomic mass is 10.0. The molecule has 0 fully saturated rings. The molecule has 3 rings (SSSR count). The zero-order valence-electron chi connectivity index (χ0n) is 16.7. The number of rotatable bonds is 7. The molecule has 0 bridgehead atoms. The molecular formula is C22H26N4OS. The van der Waals surface area contributed by atoms with Gasteiger partial charge in [-0.2, -0.15) is 0 Å². The van der Waals surface area contributed by atoms with Gasteiger partial charge in [-0.1, -0.05) is 75.0 Å². The molecule has 1 atom stereocenters. The third-order valence-electron chi connectivity index (χ3n) is 4.59. The zero-order chi connectivity index (χ0) is 20.1. The summed E-state index contributed by atoms with van der Waals surface area (Å²) in [7, 11) is 0. The molecule has 3 aromatic rings. The van der Waals surface area contributed by atoms with E-state index in [9.17, 15) is 4.79 Å². The molecule has 0 aliphatic heterocycles. The molecule has 146 valence electrons. The maximum Gasteiger partial charge on any atom is 0.237 e. The van der Waals surface area contributed by atoms with Gasteiger partial charge in [0.1, 0.15) is 0 Å². The van der Waals surface area contributed by atoms with Crippen molar-refractivity contribution < 1.29 is 4.79 Å². The SMILES string of the molecule is CCc1ccc(-c2nc(S[C@@H](C)C(=O)Nc3ccccc3C(C)C)n[nH]2)cc1. The van der Waals surface area contributed by atoms with Crippen molar-refractivity contribution in [1.82, 2.24) is 15.2 Å². The second-order valence-electron chi connectivity index (χ2n) is 7.01. The number of hydrogen-bond acceptors (Lipinski definition) is 4. The van der Waals surface area contributed by atoms with E-state index in [1.165, 1.54) is 17.3 Å². The van der Waals surface area contributed by atoms with Crippen LogP contribution in [0.4, 0.5) is 5.69 Å². The molecule has 0 saturated carbocycles. The maximum absolute atomic E-state index is 12.6. The van der Waals surface area contributed by atoms with Crippen LogP contribution in [0.1, 0.15) is 44.7 Å². The number of nitrogens with zero attached hydrogens (tertiary/aromatic N) is 2. The quantitative estimate of drug-likeness (QED) is 0.535. The van der Waals surface area contributed by atoms with Gasteiger partial charge < -0.3 is 5.32 Å². The minimum absolute atomic E-state index is 0.0586. The normalized spacial score (nSPS) is 12.2. The smallest absolute Gasteiger partial charge is 0.237 e. The average Bonchev–Trinajstić information content (AvgIpc) is 3.16. The lowest BCUT2D eigenvalue weighted by molar-refractivity contribution is -0.115. The predicted octanol–water partition coefficient (Wildman–Crippen LogP) is 5.28. The lowest BCUT2D eigenvalue weighted by Gasteiger charge is -2.15. The molecule has 28 heavy (non-hydrogen) atoms. The summed E-state index contributed by atoms with van der Waals surface area (Å²) in [5.74, 6) is 0.994. The summed E-state index contributed by atoms with van der Waals surface area (Å²) < 4.78 is 0. The minimum atomic E-state index is -0.314. The molecule has 0 aliphatic carbocycles. The molecular weight excluding hydrogens is 368 g/mol. The number of aromatic amines is 1. The van der Waals surface area contributed by atoms with Crippen molar-refractivity contribution in [1.29, 1.82) is 0 Å². The standard InChI is InChI=1S/C22H26N4OS/c1-5-16-10-12-17(13-11-16)20-24-22(26-25-20)28-15(4)21(27)23-19-9-7-6-8-18(19)14(2)3/h6-15H,5H2,1-4H3,(H,23,27)(H,24,25,26)/t15-/m0/s1. The number of thioether (sulfide) groups is 1. The first kappa shape index (κ1) is 20.1. The molecule has 0 radical (unpaired) electrons. The fourth-order valence-corrected chi connectivity index (χ4v) is 3.61. The minimum Gasteiger partial charge on any atom is -0.325 e. The number of H-pyrrole nitrogens is 1. The van der Waals surface area contributed by atoms with Gasteiger partial charge in [0.15, 0.2) is 5.82 Å². The van der Waals surface area contributed by atoms with E-state index in [1.807, 2.05) is 43.3 Å². The molecule has 0 unspecified atom stereocenters. The van der Waals surface area contributed by atoms with E-state index in [2.05, 4.69) is 53.4 Å². The van der Waals surface area contributed by atoms with Crippen LogP contribution in [0.3, 0.4) is 0 Å². The highest BCUT2D eigenvalue weighted by Crippen LogP contribution is 2.27. The fourth-order valence-electron chi connectivity index (χ4n) is 2.89. The second-order valence-corrected chi connectivity index (χ2v) is 8.32. The summed E-state index contributed by atoms with van der Waals surface area (Å²) in [6.07, 6.45) is 1.00. The monoisotopic (exact) mass is 394 g/mol. The van der Waals surface area contributed by atoms with Gasteiger partial charge >= 0.3 is 0 Å². The van der Waals surface area contributed by atoms with Gasteiger partial charge in [-0.25, -0.2) is 4.98 Å². The third-order valence-corrected chi connectivity index (χ3v) is 5.55. The van der Waals surface area contributed by atoms with Crippen molar-refractivity contribution >= 4 is 23.4 Å². The molecule has 1 heterocycles. The Morgan fingerprint density at radius 2 is 1.82 bits per heavy atom. The van der Waals surface area contributed by atoms with Crippen LogP contribution in [-0.4, -0.2) is 26.3 Å². The van der Waals surface area contributed by atoms with E-state index in [-0.39, 0.29) is 11.2 Å². The van der Waals surface area contributed by atoms with Gasteiger partial charge in [0, 0.05) is 11.3 Å². The lowest BCUT2D eigenvalue weighted by Crippen LogP contribution is -2.23. The van der Waals surface area contributed by atoms with E-state index in [1.54, 1.807) is 0 Å². The van der Waals surface area contributed by atoms with Gasteiger partial charge in [0.2, 0.25) is 11.1 Å². The highest BCUT2D eigenvalue weighted by molar-refractivity contribution is 8.00. The number of aryl methyl sites for hydroxylation is 1. The molecule has 1 amide bonds. The number of carbonyl (C=O) groups excluding carboxylic acids is 1. The van der Waals surface area contributed by atoms with Crippen LogP contribution in [0.5, 0.6) is 0 Å². The third kappa shape index (κ3) is 4.81. The summed E-state index contributed by atoms with van der Waals surface area (Å²) in [5, 5.41) is 10.5. The summed E-state index contributed by atoms with van der Waals surface area (Å²) >= 11 is 1.34. The van der Waals surface area contributed by atoms with Crippen LogP contribution < -0.4 is 5.32 Å². The Balaban J connectivity index is 1.65. The Hall–Kier alpha value is -2.60. The Morgan fingerprint density at radius 1 is 1.11 bits per heavy atom. The number of para-hydroxylation sites is 1. The summed E-state index contributed by atoms with van der Waals surface area (Å²) in [4.78, 5) is 17.2. The first-order valence-corrected chi connectivity index (χ1v) is 10.4. The number of carbonyl (C=O) groups is 1. The van der Waals surface area contributed by atoms with Crippen LogP contribution in [-0.2, 0) is 11.2 Å². The summed E-state index contributed by atoms with van der Waals surface area (Å²) in [6, 6.07) is 16.2. The molecule has 2 aromatic carbocycles. The Kier molecular flexibility index (Phi) is 6.52. The molecule has 2 N–H and O–H groups in total. The van der Waals surface area contributed by atoms with Crippen molar-refractivity contribution in [2.24, 2.45) is 0 Å².